The van der Waals surface area contributed by atoms with Gasteiger partial charge in [0, 0.05) is 11.5 Å². The minimum absolute atomic E-state index is 0.100. The first kappa shape index (κ1) is 23.1. The van der Waals surface area contributed by atoms with E-state index < -0.39 is 0 Å². The normalized spacial score (nSPS) is 29.8. The maximum atomic E-state index is 12.7. The summed E-state index contributed by atoms with van der Waals surface area (Å²) in [6, 6.07) is 9.74. The lowest BCUT2D eigenvalue weighted by molar-refractivity contribution is -0.117. The predicted octanol–water partition coefficient (Wildman–Crippen LogP) is 5.20. The van der Waals surface area contributed by atoms with Gasteiger partial charge >= 0.3 is 6.03 Å². The Bertz CT molecular complexity index is 1040. The molecular formula is C27H35N5O2S. The Morgan fingerprint density at radius 2 is 1.63 bits per heavy atom. The topological polar surface area (TPSA) is 88.9 Å². The van der Waals surface area contributed by atoms with Gasteiger partial charge in [0.1, 0.15) is 5.82 Å². The molecule has 186 valence electrons. The van der Waals surface area contributed by atoms with E-state index >= 15 is 0 Å². The van der Waals surface area contributed by atoms with Gasteiger partial charge < -0.3 is 5.32 Å². The van der Waals surface area contributed by atoms with Crippen molar-refractivity contribution in [2.75, 3.05) is 5.75 Å². The molecule has 2 aromatic rings. The van der Waals surface area contributed by atoms with Crippen LogP contribution >= 0.6 is 11.8 Å². The molecule has 7 nitrogen and oxygen atoms in total. The van der Waals surface area contributed by atoms with Crippen LogP contribution in [0, 0.1) is 17.8 Å². The molecule has 1 aromatic carbocycles. The number of hydrogen-bond acceptors (Lipinski definition) is 5. The number of benzene rings is 1. The van der Waals surface area contributed by atoms with Crippen molar-refractivity contribution in [2.24, 2.45) is 17.8 Å². The Labute approximate surface area is 211 Å². The van der Waals surface area contributed by atoms with Gasteiger partial charge in [0.15, 0.2) is 0 Å². The summed E-state index contributed by atoms with van der Waals surface area (Å²) in [5, 5.41) is 11.1. The summed E-state index contributed by atoms with van der Waals surface area (Å²) in [6.07, 6.45) is 13.1. The van der Waals surface area contributed by atoms with E-state index in [4.69, 9.17) is 10.1 Å². The van der Waals surface area contributed by atoms with Crippen molar-refractivity contribution in [1.29, 1.82) is 0 Å². The zero-order valence-corrected chi connectivity index (χ0v) is 21.1. The van der Waals surface area contributed by atoms with E-state index in [1.165, 1.54) is 50.3 Å². The quantitative estimate of drug-likeness (QED) is 0.540. The fraction of sp³-hybridized carbons (Fsp3) is 0.630. The number of imide groups is 1. The minimum atomic E-state index is -0.344. The van der Waals surface area contributed by atoms with Crippen LogP contribution in [0.2, 0.25) is 0 Å². The van der Waals surface area contributed by atoms with Crippen LogP contribution in [0.25, 0.3) is 5.69 Å². The lowest BCUT2D eigenvalue weighted by Gasteiger charge is -2.56. The highest BCUT2D eigenvalue weighted by Gasteiger charge is 2.51. The molecule has 0 saturated heterocycles. The number of para-hydroxylation sites is 1. The average Bonchev–Trinajstić information content (AvgIpc) is 3.27. The summed E-state index contributed by atoms with van der Waals surface area (Å²) in [6.45, 7) is 0. The highest BCUT2D eigenvalue weighted by Crippen LogP contribution is 2.55. The highest BCUT2D eigenvalue weighted by atomic mass is 32.2. The molecule has 3 amide bonds. The third-order valence-electron chi connectivity index (χ3n) is 8.59. The highest BCUT2D eigenvalue weighted by molar-refractivity contribution is 7.99. The fourth-order valence-electron chi connectivity index (χ4n) is 7.58. The first-order valence-corrected chi connectivity index (χ1v) is 14.3. The van der Waals surface area contributed by atoms with Crippen LogP contribution in [0.1, 0.15) is 82.4 Å². The van der Waals surface area contributed by atoms with E-state index in [-0.39, 0.29) is 23.2 Å². The molecule has 5 fully saturated rings. The summed E-state index contributed by atoms with van der Waals surface area (Å²) in [7, 11) is 0. The first-order chi connectivity index (χ1) is 17.1. The molecule has 8 heteroatoms. The number of rotatable bonds is 6. The molecule has 0 spiro atoms. The summed E-state index contributed by atoms with van der Waals surface area (Å²) in [5.41, 5.74) is 0.892. The number of thioether (sulfide) groups is 1. The SMILES string of the molecule is O=C(CSc1nc(C2CCCCC2)n(-c2ccccc2)n1)NC(=O)NC12CC3CC(CC(C3)C1)C2. The standard InChI is InChI=1S/C27H35N5O2S/c33-23(28-25(34)30-27-14-18-11-19(15-27)13-20(12-18)16-27)17-35-26-29-24(21-7-3-1-4-8-21)32(31-26)22-9-5-2-6-10-22/h2,5-6,9-10,18-21H,1,3-4,7-8,11-17H2,(H2,28,30,33,34). The molecule has 5 aliphatic carbocycles. The molecule has 5 saturated carbocycles. The van der Waals surface area contributed by atoms with Crippen molar-refractivity contribution >= 4 is 23.7 Å². The molecule has 0 radical (unpaired) electrons. The van der Waals surface area contributed by atoms with Gasteiger partial charge in [0.25, 0.3) is 0 Å². The van der Waals surface area contributed by atoms with Crippen molar-refractivity contribution in [3.8, 4) is 5.69 Å². The van der Waals surface area contributed by atoms with Crippen LogP contribution in [0.15, 0.2) is 35.5 Å². The molecule has 0 aliphatic heterocycles. The second-order valence-corrected chi connectivity index (χ2v) is 12.3. The fourth-order valence-corrected chi connectivity index (χ4v) is 8.21. The van der Waals surface area contributed by atoms with E-state index in [9.17, 15) is 9.59 Å². The van der Waals surface area contributed by atoms with Gasteiger partial charge in [-0.2, -0.15) is 0 Å². The van der Waals surface area contributed by atoms with Gasteiger partial charge in [-0.1, -0.05) is 49.2 Å². The second-order valence-electron chi connectivity index (χ2n) is 11.3. The van der Waals surface area contributed by atoms with Crippen LogP contribution in [0.5, 0.6) is 0 Å². The van der Waals surface area contributed by atoms with Crippen molar-refractivity contribution < 1.29 is 9.59 Å². The predicted molar refractivity (Wildman–Crippen MR) is 135 cm³/mol. The number of aromatic nitrogens is 3. The van der Waals surface area contributed by atoms with E-state index in [0.29, 0.717) is 11.1 Å². The summed E-state index contributed by atoms with van der Waals surface area (Å²) >= 11 is 1.30. The largest absolute Gasteiger partial charge is 0.332 e. The van der Waals surface area contributed by atoms with Gasteiger partial charge in [-0.05, 0) is 81.3 Å². The molecule has 0 atom stereocenters. The number of nitrogens with zero attached hydrogens (tertiary/aromatic N) is 3. The van der Waals surface area contributed by atoms with Crippen LogP contribution in [0.3, 0.4) is 0 Å². The van der Waals surface area contributed by atoms with Crippen LogP contribution in [-0.4, -0.2) is 38.0 Å². The van der Waals surface area contributed by atoms with Gasteiger partial charge in [-0.25, -0.2) is 14.5 Å². The van der Waals surface area contributed by atoms with Crippen LogP contribution in [-0.2, 0) is 4.79 Å². The number of urea groups is 1. The molecule has 1 aromatic heterocycles. The molecular weight excluding hydrogens is 458 g/mol. The maximum Gasteiger partial charge on any atom is 0.321 e. The first-order valence-electron chi connectivity index (χ1n) is 13.3. The third kappa shape index (κ3) is 4.99. The Morgan fingerprint density at radius 1 is 0.971 bits per heavy atom. The van der Waals surface area contributed by atoms with Crippen molar-refractivity contribution in [3.05, 3.63) is 36.2 Å². The Balaban J connectivity index is 1.08. The van der Waals surface area contributed by atoms with E-state index in [1.807, 2.05) is 35.0 Å². The smallest absolute Gasteiger partial charge is 0.321 e. The Morgan fingerprint density at radius 3 is 2.29 bits per heavy atom. The van der Waals surface area contributed by atoms with Crippen molar-refractivity contribution in [1.82, 2.24) is 25.4 Å². The zero-order chi connectivity index (χ0) is 23.8. The van der Waals surface area contributed by atoms with Crippen molar-refractivity contribution in [2.45, 2.75) is 87.2 Å². The van der Waals surface area contributed by atoms with Gasteiger partial charge in [0.05, 0.1) is 11.4 Å². The lowest BCUT2D eigenvalue weighted by Crippen LogP contribution is -2.61. The third-order valence-corrected chi connectivity index (χ3v) is 9.42. The van der Waals surface area contributed by atoms with E-state index in [0.717, 1.165) is 61.4 Å². The molecule has 2 N–H and O–H groups in total. The summed E-state index contributed by atoms with van der Waals surface area (Å²) < 4.78 is 1.94. The molecule has 1 heterocycles. The summed E-state index contributed by atoms with van der Waals surface area (Å²) in [5.74, 6) is 3.44. The number of amides is 3. The van der Waals surface area contributed by atoms with Crippen LogP contribution in [0.4, 0.5) is 4.79 Å². The molecule has 4 bridgehead atoms. The van der Waals surface area contributed by atoms with Crippen LogP contribution < -0.4 is 10.6 Å². The lowest BCUT2D eigenvalue weighted by atomic mass is 9.53. The average molecular weight is 494 g/mol. The van der Waals surface area contributed by atoms with Crippen molar-refractivity contribution in [3.63, 3.8) is 0 Å². The summed E-state index contributed by atoms with van der Waals surface area (Å²) in [4.78, 5) is 30.2. The molecule has 7 rings (SSSR count). The molecule has 5 aliphatic rings. The zero-order valence-electron chi connectivity index (χ0n) is 20.2. The van der Waals surface area contributed by atoms with E-state index in [2.05, 4.69) is 10.6 Å². The monoisotopic (exact) mass is 493 g/mol. The minimum Gasteiger partial charge on any atom is -0.332 e. The van der Waals surface area contributed by atoms with Gasteiger partial charge in [-0.15, -0.1) is 5.10 Å². The maximum absolute atomic E-state index is 12.7. The number of nitrogens with one attached hydrogen (secondary N) is 2. The number of carbonyl (C=O) groups excluding carboxylic acids is 2. The van der Waals surface area contributed by atoms with Gasteiger partial charge in [0.2, 0.25) is 11.1 Å². The Kier molecular flexibility index (Phi) is 6.33. The van der Waals surface area contributed by atoms with Gasteiger partial charge in [-0.3, -0.25) is 10.1 Å². The molecule has 0 unspecified atom stereocenters. The molecule has 35 heavy (non-hydrogen) atoms. The second kappa shape index (κ2) is 9.60. The number of hydrogen-bond donors (Lipinski definition) is 2. The Hall–Kier alpha value is -2.35. The van der Waals surface area contributed by atoms with E-state index in [1.54, 1.807) is 0 Å². The number of carbonyl (C=O) groups is 2.